The SMILES string of the molecule is CC(C)N(C)c1nc2ccc(-c3noc(COc4ccc(CCO)cc4)n3)cc2[nH]1. The summed E-state index contributed by atoms with van der Waals surface area (Å²) in [6.45, 7) is 4.54. The van der Waals surface area contributed by atoms with Crippen LogP contribution in [-0.4, -0.2) is 44.9 Å². The van der Waals surface area contributed by atoms with Crippen LogP contribution in [0.2, 0.25) is 0 Å². The van der Waals surface area contributed by atoms with Gasteiger partial charge in [0.05, 0.1) is 11.0 Å². The molecule has 4 rings (SSSR count). The molecule has 0 fully saturated rings. The van der Waals surface area contributed by atoms with E-state index in [0.29, 0.717) is 29.9 Å². The molecular formula is C22H25N5O3. The number of hydrogen-bond acceptors (Lipinski definition) is 7. The van der Waals surface area contributed by atoms with Gasteiger partial charge in [0.1, 0.15) is 5.75 Å². The van der Waals surface area contributed by atoms with E-state index >= 15 is 0 Å². The normalized spacial score (nSPS) is 11.4. The fourth-order valence-corrected chi connectivity index (χ4v) is 3.00. The molecule has 0 amide bonds. The maximum absolute atomic E-state index is 8.98. The Bertz CT molecular complexity index is 1120. The molecule has 156 valence electrons. The summed E-state index contributed by atoms with van der Waals surface area (Å²) in [4.78, 5) is 14.5. The second-order valence-electron chi connectivity index (χ2n) is 7.41. The molecule has 0 aliphatic carbocycles. The number of aliphatic hydroxyl groups is 1. The Kier molecular flexibility index (Phi) is 5.67. The maximum atomic E-state index is 8.98. The van der Waals surface area contributed by atoms with E-state index in [4.69, 9.17) is 14.4 Å². The van der Waals surface area contributed by atoms with Crippen LogP contribution in [0, 0.1) is 0 Å². The van der Waals surface area contributed by atoms with Crippen LogP contribution in [0.4, 0.5) is 5.95 Å². The lowest BCUT2D eigenvalue weighted by Crippen LogP contribution is -2.26. The largest absolute Gasteiger partial charge is 0.484 e. The predicted molar refractivity (Wildman–Crippen MR) is 114 cm³/mol. The highest BCUT2D eigenvalue weighted by atomic mass is 16.5. The topological polar surface area (TPSA) is 100 Å². The predicted octanol–water partition coefficient (Wildman–Crippen LogP) is 3.57. The minimum absolute atomic E-state index is 0.130. The van der Waals surface area contributed by atoms with Crippen molar-refractivity contribution in [2.24, 2.45) is 0 Å². The third-order valence-corrected chi connectivity index (χ3v) is 4.99. The van der Waals surface area contributed by atoms with E-state index in [1.807, 2.05) is 49.5 Å². The van der Waals surface area contributed by atoms with Crippen molar-refractivity contribution in [3.8, 4) is 17.1 Å². The summed E-state index contributed by atoms with van der Waals surface area (Å²) in [5.74, 6) is 2.43. The average molecular weight is 407 g/mol. The Morgan fingerprint density at radius 3 is 2.67 bits per heavy atom. The highest BCUT2D eigenvalue weighted by Gasteiger charge is 2.13. The first-order valence-corrected chi connectivity index (χ1v) is 9.91. The van der Waals surface area contributed by atoms with E-state index < -0.39 is 0 Å². The molecule has 0 aliphatic heterocycles. The average Bonchev–Trinajstić information content (AvgIpc) is 3.39. The molecule has 0 unspecified atom stereocenters. The second kappa shape index (κ2) is 8.54. The summed E-state index contributed by atoms with van der Waals surface area (Å²) in [5, 5.41) is 13.1. The summed E-state index contributed by atoms with van der Waals surface area (Å²) >= 11 is 0. The molecule has 2 N–H and O–H groups in total. The van der Waals surface area contributed by atoms with Gasteiger partial charge < -0.3 is 24.3 Å². The van der Waals surface area contributed by atoms with Gasteiger partial charge in [-0.2, -0.15) is 4.98 Å². The first-order chi connectivity index (χ1) is 14.5. The number of H-pyrrole nitrogens is 1. The number of aliphatic hydroxyl groups excluding tert-OH is 1. The number of nitrogens with one attached hydrogen (secondary N) is 1. The quantitative estimate of drug-likeness (QED) is 0.460. The Hall–Kier alpha value is -3.39. The molecule has 4 aromatic rings. The fourth-order valence-electron chi connectivity index (χ4n) is 3.00. The van der Waals surface area contributed by atoms with E-state index in [2.05, 4.69) is 38.9 Å². The third-order valence-electron chi connectivity index (χ3n) is 4.99. The lowest BCUT2D eigenvalue weighted by Gasteiger charge is -2.19. The highest BCUT2D eigenvalue weighted by molar-refractivity contribution is 5.82. The number of fused-ring (bicyclic) bond motifs is 1. The summed E-state index contributed by atoms with van der Waals surface area (Å²) < 4.78 is 11.1. The smallest absolute Gasteiger partial charge is 0.264 e. The Balaban J connectivity index is 1.45. The van der Waals surface area contributed by atoms with Crippen molar-refractivity contribution in [2.75, 3.05) is 18.6 Å². The van der Waals surface area contributed by atoms with Crippen LogP contribution < -0.4 is 9.64 Å². The standard InChI is InChI=1S/C22H25N5O3/c1-14(2)27(3)22-23-18-9-6-16(12-19(18)24-22)21-25-20(30-26-21)13-29-17-7-4-15(5-8-17)10-11-28/h4-9,12,14,28H,10-11,13H2,1-3H3,(H,23,24). The molecule has 0 saturated heterocycles. The number of aromatic amines is 1. The van der Waals surface area contributed by atoms with Gasteiger partial charge >= 0.3 is 0 Å². The highest BCUT2D eigenvalue weighted by Crippen LogP contribution is 2.24. The number of anilines is 1. The number of aromatic nitrogens is 4. The number of imidazole rings is 1. The van der Waals surface area contributed by atoms with E-state index in [9.17, 15) is 0 Å². The minimum Gasteiger partial charge on any atom is -0.484 e. The number of rotatable bonds is 8. The zero-order valence-corrected chi connectivity index (χ0v) is 17.3. The van der Waals surface area contributed by atoms with Crippen molar-refractivity contribution in [3.63, 3.8) is 0 Å². The van der Waals surface area contributed by atoms with Crippen LogP contribution in [0.1, 0.15) is 25.3 Å². The minimum atomic E-state index is 0.130. The number of hydrogen-bond donors (Lipinski definition) is 2. The lowest BCUT2D eigenvalue weighted by atomic mass is 10.1. The van der Waals surface area contributed by atoms with Crippen molar-refractivity contribution in [1.29, 1.82) is 0 Å². The number of nitrogens with zero attached hydrogens (tertiary/aromatic N) is 4. The van der Waals surface area contributed by atoms with Crippen molar-refractivity contribution in [1.82, 2.24) is 20.1 Å². The van der Waals surface area contributed by atoms with Gasteiger partial charge in [0.2, 0.25) is 11.8 Å². The van der Waals surface area contributed by atoms with E-state index in [0.717, 1.165) is 28.1 Å². The van der Waals surface area contributed by atoms with Gasteiger partial charge in [-0.15, -0.1) is 0 Å². The molecule has 2 aromatic heterocycles. The van der Waals surface area contributed by atoms with Crippen LogP contribution in [-0.2, 0) is 13.0 Å². The summed E-state index contributed by atoms with van der Waals surface area (Å²) in [6, 6.07) is 13.8. The van der Waals surface area contributed by atoms with E-state index in [-0.39, 0.29) is 13.2 Å². The summed E-state index contributed by atoms with van der Waals surface area (Å²) in [6.07, 6.45) is 0.628. The molecule has 30 heavy (non-hydrogen) atoms. The first kappa shape index (κ1) is 19.9. The van der Waals surface area contributed by atoms with Gasteiger partial charge in [-0.1, -0.05) is 17.3 Å². The molecule has 8 heteroatoms. The van der Waals surface area contributed by atoms with Crippen molar-refractivity contribution >= 4 is 17.0 Å². The maximum Gasteiger partial charge on any atom is 0.264 e. The molecule has 0 atom stereocenters. The van der Waals surface area contributed by atoms with Crippen molar-refractivity contribution in [3.05, 3.63) is 53.9 Å². The fraction of sp³-hybridized carbons (Fsp3) is 0.318. The monoisotopic (exact) mass is 407 g/mol. The molecular weight excluding hydrogens is 382 g/mol. The molecule has 8 nitrogen and oxygen atoms in total. The third kappa shape index (κ3) is 4.28. The van der Waals surface area contributed by atoms with Gasteiger partial charge in [-0.3, -0.25) is 0 Å². The molecule has 0 aliphatic rings. The zero-order chi connectivity index (χ0) is 21.1. The first-order valence-electron chi connectivity index (χ1n) is 9.91. The van der Waals surface area contributed by atoms with Gasteiger partial charge in [-0.25, -0.2) is 4.98 Å². The number of ether oxygens (including phenoxy) is 1. The Morgan fingerprint density at radius 2 is 1.93 bits per heavy atom. The van der Waals surface area contributed by atoms with Crippen LogP contribution in [0.15, 0.2) is 47.0 Å². The zero-order valence-electron chi connectivity index (χ0n) is 17.3. The molecule has 0 bridgehead atoms. The molecule has 0 spiro atoms. The van der Waals surface area contributed by atoms with Gasteiger partial charge in [0.15, 0.2) is 6.61 Å². The second-order valence-corrected chi connectivity index (χ2v) is 7.41. The molecule has 2 aromatic carbocycles. The van der Waals surface area contributed by atoms with E-state index in [1.165, 1.54) is 0 Å². The van der Waals surface area contributed by atoms with Crippen molar-refractivity contribution in [2.45, 2.75) is 32.9 Å². The van der Waals surface area contributed by atoms with E-state index in [1.54, 1.807) is 0 Å². The molecule has 2 heterocycles. The summed E-state index contributed by atoms with van der Waals surface area (Å²) in [5.41, 5.74) is 3.70. The number of benzene rings is 2. The van der Waals surface area contributed by atoms with Gasteiger partial charge in [-0.05, 0) is 56.2 Å². The molecule has 0 saturated carbocycles. The lowest BCUT2D eigenvalue weighted by molar-refractivity contribution is 0.243. The van der Waals surface area contributed by atoms with Crippen LogP contribution in [0.5, 0.6) is 5.75 Å². The van der Waals surface area contributed by atoms with Crippen LogP contribution >= 0.6 is 0 Å². The van der Waals surface area contributed by atoms with Gasteiger partial charge in [0, 0.05) is 25.3 Å². The summed E-state index contributed by atoms with van der Waals surface area (Å²) in [7, 11) is 2.01. The Morgan fingerprint density at radius 1 is 1.13 bits per heavy atom. The van der Waals surface area contributed by atoms with Crippen LogP contribution in [0.25, 0.3) is 22.4 Å². The Labute approximate surface area is 174 Å². The van der Waals surface area contributed by atoms with Crippen LogP contribution in [0.3, 0.4) is 0 Å². The van der Waals surface area contributed by atoms with Crippen molar-refractivity contribution < 1.29 is 14.4 Å². The molecule has 0 radical (unpaired) electrons. The van der Waals surface area contributed by atoms with Gasteiger partial charge in [0.25, 0.3) is 5.89 Å².